The zero-order chi connectivity index (χ0) is 17.2. The van der Waals surface area contributed by atoms with Crippen LogP contribution in [-0.2, 0) is 16.6 Å². The van der Waals surface area contributed by atoms with E-state index in [1.54, 1.807) is 0 Å². The molecule has 0 amide bonds. The van der Waals surface area contributed by atoms with Gasteiger partial charge in [-0.1, -0.05) is 35.3 Å². The van der Waals surface area contributed by atoms with E-state index in [0.717, 1.165) is 11.3 Å². The van der Waals surface area contributed by atoms with Gasteiger partial charge in [0.05, 0.1) is 4.90 Å². The Kier molecular flexibility index (Phi) is 5.57. The normalized spacial score (nSPS) is 11.7. The van der Waals surface area contributed by atoms with Gasteiger partial charge in [-0.05, 0) is 35.9 Å². The average Bonchev–Trinajstić information content (AvgIpc) is 2.46. The van der Waals surface area contributed by atoms with Crippen molar-refractivity contribution in [1.29, 1.82) is 0 Å². The predicted molar refractivity (Wildman–Crippen MR) is 95.9 cm³/mol. The monoisotopic (exact) mass is 372 g/mol. The number of rotatable bonds is 5. The molecular weight excluding hydrogens is 355 g/mol. The highest BCUT2D eigenvalue weighted by molar-refractivity contribution is 7.89. The van der Waals surface area contributed by atoms with Gasteiger partial charge in [-0.15, -0.1) is 0 Å². The maximum absolute atomic E-state index is 12.6. The van der Waals surface area contributed by atoms with Crippen LogP contribution < -0.4 is 4.90 Å². The fraction of sp³-hybridized carbons (Fsp3) is 0.250. The van der Waals surface area contributed by atoms with Crippen LogP contribution in [0.15, 0.2) is 47.4 Å². The summed E-state index contributed by atoms with van der Waals surface area (Å²) in [5.41, 5.74) is 1.95. The van der Waals surface area contributed by atoms with E-state index in [0.29, 0.717) is 10.0 Å². The van der Waals surface area contributed by atoms with E-state index >= 15 is 0 Å². The lowest BCUT2D eigenvalue weighted by molar-refractivity contribution is 0.467. The third-order valence-corrected chi connectivity index (χ3v) is 5.62. The molecule has 0 bridgehead atoms. The summed E-state index contributed by atoms with van der Waals surface area (Å²) in [5.74, 6) is 0. The molecule has 0 fully saturated rings. The Balaban J connectivity index is 2.23. The molecule has 0 aliphatic carbocycles. The fourth-order valence-electron chi connectivity index (χ4n) is 2.10. The molecule has 0 spiro atoms. The van der Waals surface area contributed by atoms with Crippen molar-refractivity contribution in [1.82, 2.24) is 4.31 Å². The number of nitrogens with zero attached hydrogens (tertiary/aromatic N) is 2. The summed E-state index contributed by atoms with van der Waals surface area (Å²) < 4.78 is 26.5. The molecule has 0 saturated heterocycles. The smallest absolute Gasteiger partial charge is 0.243 e. The van der Waals surface area contributed by atoms with Crippen molar-refractivity contribution < 1.29 is 8.42 Å². The molecule has 0 heterocycles. The maximum Gasteiger partial charge on any atom is 0.243 e. The van der Waals surface area contributed by atoms with Crippen molar-refractivity contribution in [3.8, 4) is 0 Å². The number of hydrogen-bond donors (Lipinski definition) is 0. The van der Waals surface area contributed by atoms with Gasteiger partial charge in [0, 0.05) is 43.4 Å². The second-order valence-electron chi connectivity index (χ2n) is 5.43. The molecule has 124 valence electrons. The van der Waals surface area contributed by atoms with E-state index < -0.39 is 10.0 Å². The second-order valence-corrected chi connectivity index (χ2v) is 8.34. The summed E-state index contributed by atoms with van der Waals surface area (Å²) in [6.07, 6.45) is 0. The highest BCUT2D eigenvalue weighted by Crippen LogP contribution is 2.25. The predicted octanol–water partition coefficient (Wildman–Crippen LogP) is 3.88. The first-order valence-corrected chi connectivity index (χ1v) is 9.08. The largest absolute Gasteiger partial charge is 0.378 e. The molecule has 2 aromatic rings. The average molecular weight is 373 g/mol. The minimum absolute atomic E-state index is 0.0856. The van der Waals surface area contributed by atoms with Crippen molar-refractivity contribution in [3.63, 3.8) is 0 Å². The van der Waals surface area contributed by atoms with Gasteiger partial charge in [0.2, 0.25) is 10.0 Å². The third kappa shape index (κ3) is 4.38. The van der Waals surface area contributed by atoms with Gasteiger partial charge in [-0.3, -0.25) is 0 Å². The van der Waals surface area contributed by atoms with Gasteiger partial charge < -0.3 is 4.90 Å². The van der Waals surface area contributed by atoms with Gasteiger partial charge in [-0.2, -0.15) is 4.31 Å². The van der Waals surface area contributed by atoms with E-state index in [1.807, 2.05) is 43.3 Å². The number of benzene rings is 2. The quantitative estimate of drug-likeness (QED) is 0.799. The first-order chi connectivity index (χ1) is 10.7. The minimum atomic E-state index is -3.65. The summed E-state index contributed by atoms with van der Waals surface area (Å²) in [6.45, 7) is 0.264. The molecule has 0 aromatic heterocycles. The van der Waals surface area contributed by atoms with E-state index in [2.05, 4.69) is 0 Å². The van der Waals surface area contributed by atoms with Crippen LogP contribution >= 0.6 is 23.2 Å². The van der Waals surface area contributed by atoms with Gasteiger partial charge in [-0.25, -0.2) is 8.42 Å². The topological polar surface area (TPSA) is 40.6 Å². The lowest BCUT2D eigenvalue weighted by Crippen LogP contribution is -2.26. The highest BCUT2D eigenvalue weighted by atomic mass is 35.5. The third-order valence-electron chi connectivity index (χ3n) is 3.40. The second kappa shape index (κ2) is 7.09. The maximum atomic E-state index is 12.6. The van der Waals surface area contributed by atoms with Gasteiger partial charge in [0.1, 0.15) is 0 Å². The molecule has 23 heavy (non-hydrogen) atoms. The lowest BCUT2D eigenvalue weighted by Gasteiger charge is -2.18. The zero-order valence-corrected chi connectivity index (χ0v) is 15.5. The van der Waals surface area contributed by atoms with Gasteiger partial charge in [0.25, 0.3) is 0 Å². The van der Waals surface area contributed by atoms with Crippen LogP contribution in [0.2, 0.25) is 10.0 Å². The SMILES string of the molecule is CN(C)c1ccc(CN(C)S(=O)(=O)c2cc(Cl)cc(Cl)c2)cc1. The van der Waals surface area contributed by atoms with Crippen LogP contribution in [0.25, 0.3) is 0 Å². The molecule has 2 aromatic carbocycles. The Bertz CT molecular complexity index is 770. The molecule has 0 unspecified atom stereocenters. The van der Waals surface area contributed by atoms with Gasteiger partial charge in [0.15, 0.2) is 0 Å². The van der Waals surface area contributed by atoms with E-state index in [1.165, 1.54) is 29.6 Å². The molecule has 0 saturated carbocycles. The van der Waals surface area contributed by atoms with E-state index in [-0.39, 0.29) is 11.4 Å². The summed E-state index contributed by atoms with van der Waals surface area (Å²) in [5, 5.41) is 0.583. The van der Waals surface area contributed by atoms with E-state index in [9.17, 15) is 8.42 Å². The van der Waals surface area contributed by atoms with Crippen molar-refractivity contribution in [2.45, 2.75) is 11.4 Å². The van der Waals surface area contributed by atoms with Crippen LogP contribution in [0.4, 0.5) is 5.69 Å². The summed E-state index contributed by atoms with van der Waals surface area (Å²) in [7, 11) is 1.78. The summed E-state index contributed by atoms with van der Waals surface area (Å²) >= 11 is 11.8. The number of hydrogen-bond acceptors (Lipinski definition) is 3. The summed E-state index contributed by atoms with van der Waals surface area (Å²) in [6, 6.07) is 12.0. The molecule has 2 rings (SSSR count). The van der Waals surface area contributed by atoms with Crippen LogP contribution in [-0.4, -0.2) is 33.9 Å². The number of halogens is 2. The fourth-order valence-corrected chi connectivity index (χ4v) is 3.99. The highest BCUT2D eigenvalue weighted by Gasteiger charge is 2.22. The van der Waals surface area contributed by atoms with Crippen molar-refractivity contribution >= 4 is 38.9 Å². The van der Waals surface area contributed by atoms with Crippen LogP contribution in [0, 0.1) is 0 Å². The first kappa shape index (κ1) is 18.1. The molecule has 0 aliphatic rings. The van der Waals surface area contributed by atoms with E-state index in [4.69, 9.17) is 23.2 Å². The molecule has 0 atom stereocenters. The Labute approximate surface area is 147 Å². The van der Waals surface area contributed by atoms with Crippen molar-refractivity contribution in [2.75, 3.05) is 26.0 Å². The van der Waals surface area contributed by atoms with Crippen LogP contribution in [0.3, 0.4) is 0 Å². The van der Waals surface area contributed by atoms with Gasteiger partial charge >= 0.3 is 0 Å². The molecule has 4 nitrogen and oxygen atoms in total. The molecule has 0 radical (unpaired) electrons. The molecule has 0 aliphatic heterocycles. The standard InChI is InChI=1S/C16H18Cl2N2O2S/c1-19(2)15-6-4-12(5-7-15)11-20(3)23(21,22)16-9-13(17)8-14(18)10-16/h4-10H,11H2,1-3H3. The van der Waals surface area contributed by atoms with Crippen LogP contribution in [0.1, 0.15) is 5.56 Å². The van der Waals surface area contributed by atoms with Crippen molar-refractivity contribution in [3.05, 3.63) is 58.1 Å². The Morgan fingerprint density at radius 3 is 1.91 bits per heavy atom. The first-order valence-electron chi connectivity index (χ1n) is 6.89. The Morgan fingerprint density at radius 1 is 0.913 bits per heavy atom. The summed E-state index contributed by atoms with van der Waals surface area (Å²) in [4.78, 5) is 2.07. The van der Waals surface area contributed by atoms with Crippen LogP contribution in [0.5, 0.6) is 0 Å². The Hall–Kier alpha value is -1.27. The Morgan fingerprint density at radius 2 is 1.43 bits per heavy atom. The molecule has 0 N–H and O–H groups in total. The lowest BCUT2D eigenvalue weighted by atomic mass is 10.2. The molecule has 7 heteroatoms. The number of anilines is 1. The molecular formula is C16H18Cl2N2O2S. The number of sulfonamides is 1. The minimum Gasteiger partial charge on any atom is -0.378 e. The zero-order valence-electron chi connectivity index (χ0n) is 13.1. The van der Waals surface area contributed by atoms with Crippen molar-refractivity contribution in [2.24, 2.45) is 0 Å².